The summed E-state index contributed by atoms with van der Waals surface area (Å²) in [5.41, 5.74) is 2.47. The standard InChI is InChI=1S/C23H31N7O2/c1-18(2)7-6-8-19(3)10-12-25-22-21(30(31)32)23(27-17-26-22)29-15-13-28(14-16-29)20-9-4-5-11-24-20/h4-5,7,9-11,17H,6,8,12-16H2,1-3H3,(H,25,26,27). The van der Waals surface area contributed by atoms with E-state index in [1.165, 1.54) is 17.5 Å². The zero-order valence-electron chi connectivity index (χ0n) is 19.0. The number of anilines is 3. The minimum Gasteiger partial charge on any atom is -0.361 e. The molecule has 32 heavy (non-hydrogen) atoms. The number of aromatic nitrogens is 3. The summed E-state index contributed by atoms with van der Waals surface area (Å²) in [6.07, 6.45) is 9.38. The van der Waals surface area contributed by atoms with Gasteiger partial charge in [-0.3, -0.25) is 10.1 Å². The van der Waals surface area contributed by atoms with Crippen LogP contribution in [0.15, 0.2) is 54.0 Å². The van der Waals surface area contributed by atoms with Gasteiger partial charge in [0.2, 0.25) is 11.6 Å². The lowest BCUT2D eigenvalue weighted by Gasteiger charge is -2.35. The highest BCUT2D eigenvalue weighted by molar-refractivity contribution is 5.70. The van der Waals surface area contributed by atoms with Crippen molar-refractivity contribution in [2.75, 3.05) is 47.8 Å². The van der Waals surface area contributed by atoms with Crippen molar-refractivity contribution in [2.24, 2.45) is 0 Å². The lowest BCUT2D eigenvalue weighted by atomic mass is 10.1. The first-order valence-corrected chi connectivity index (χ1v) is 10.9. The fourth-order valence-electron chi connectivity index (χ4n) is 3.60. The predicted octanol–water partition coefficient (Wildman–Crippen LogP) is 4.21. The van der Waals surface area contributed by atoms with Gasteiger partial charge in [0.05, 0.1) is 4.92 Å². The van der Waals surface area contributed by atoms with Crippen molar-refractivity contribution in [3.05, 3.63) is 64.1 Å². The van der Waals surface area contributed by atoms with E-state index in [1.807, 2.05) is 23.1 Å². The molecule has 1 N–H and O–H groups in total. The molecule has 1 fully saturated rings. The molecule has 0 unspecified atom stereocenters. The van der Waals surface area contributed by atoms with E-state index in [9.17, 15) is 10.1 Å². The van der Waals surface area contributed by atoms with Crippen molar-refractivity contribution in [3.8, 4) is 0 Å². The van der Waals surface area contributed by atoms with E-state index in [2.05, 4.69) is 58.1 Å². The quantitative estimate of drug-likeness (QED) is 0.354. The Morgan fingerprint density at radius 3 is 2.50 bits per heavy atom. The first-order valence-electron chi connectivity index (χ1n) is 10.9. The van der Waals surface area contributed by atoms with Crippen LogP contribution in [0.3, 0.4) is 0 Å². The Hall–Kier alpha value is -3.49. The number of allylic oxidation sites excluding steroid dienone is 3. The average molecular weight is 438 g/mol. The maximum absolute atomic E-state index is 11.9. The Labute approximate surface area is 189 Å². The van der Waals surface area contributed by atoms with E-state index < -0.39 is 4.92 Å². The topological polar surface area (TPSA) is 100 Å². The van der Waals surface area contributed by atoms with Crippen molar-refractivity contribution in [3.63, 3.8) is 0 Å². The summed E-state index contributed by atoms with van der Waals surface area (Å²) < 4.78 is 0. The third-order valence-corrected chi connectivity index (χ3v) is 5.35. The van der Waals surface area contributed by atoms with Crippen LogP contribution in [-0.4, -0.2) is 52.6 Å². The van der Waals surface area contributed by atoms with E-state index in [0.717, 1.165) is 18.7 Å². The third-order valence-electron chi connectivity index (χ3n) is 5.35. The molecule has 0 spiro atoms. The van der Waals surface area contributed by atoms with Gasteiger partial charge in [-0.05, 0) is 45.7 Å². The largest absolute Gasteiger partial charge is 0.361 e. The number of nitrogens with one attached hydrogen (secondary N) is 1. The normalized spacial score (nSPS) is 14.3. The van der Waals surface area contributed by atoms with E-state index in [4.69, 9.17) is 0 Å². The van der Waals surface area contributed by atoms with Gasteiger partial charge < -0.3 is 15.1 Å². The second-order valence-corrected chi connectivity index (χ2v) is 8.07. The molecular formula is C23H31N7O2. The highest BCUT2D eigenvalue weighted by Crippen LogP contribution is 2.32. The first kappa shape index (κ1) is 23.2. The van der Waals surface area contributed by atoms with E-state index in [-0.39, 0.29) is 11.5 Å². The molecule has 1 saturated heterocycles. The second-order valence-electron chi connectivity index (χ2n) is 8.07. The zero-order valence-corrected chi connectivity index (χ0v) is 19.0. The van der Waals surface area contributed by atoms with E-state index >= 15 is 0 Å². The van der Waals surface area contributed by atoms with Crippen LogP contribution in [-0.2, 0) is 0 Å². The van der Waals surface area contributed by atoms with Crippen molar-refractivity contribution >= 4 is 23.1 Å². The lowest BCUT2D eigenvalue weighted by molar-refractivity contribution is -0.383. The van der Waals surface area contributed by atoms with Crippen LogP contribution in [0.1, 0.15) is 33.6 Å². The van der Waals surface area contributed by atoms with E-state index in [0.29, 0.717) is 38.5 Å². The summed E-state index contributed by atoms with van der Waals surface area (Å²) in [6, 6.07) is 5.82. The Morgan fingerprint density at radius 1 is 1.09 bits per heavy atom. The summed E-state index contributed by atoms with van der Waals surface area (Å²) >= 11 is 0. The van der Waals surface area contributed by atoms with Gasteiger partial charge >= 0.3 is 5.69 Å². The molecule has 0 bridgehead atoms. The zero-order chi connectivity index (χ0) is 22.9. The summed E-state index contributed by atoms with van der Waals surface area (Å²) in [5, 5.41) is 15.0. The molecule has 9 nitrogen and oxygen atoms in total. The van der Waals surface area contributed by atoms with Crippen molar-refractivity contribution < 1.29 is 4.92 Å². The van der Waals surface area contributed by atoms with Crippen LogP contribution in [0.5, 0.6) is 0 Å². The molecule has 0 radical (unpaired) electrons. The lowest BCUT2D eigenvalue weighted by Crippen LogP contribution is -2.47. The predicted molar refractivity (Wildman–Crippen MR) is 128 cm³/mol. The molecule has 0 atom stereocenters. The highest BCUT2D eigenvalue weighted by Gasteiger charge is 2.29. The number of hydrogen-bond acceptors (Lipinski definition) is 8. The van der Waals surface area contributed by atoms with Crippen molar-refractivity contribution in [1.82, 2.24) is 15.0 Å². The van der Waals surface area contributed by atoms with Crippen LogP contribution in [0, 0.1) is 10.1 Å². The van der Waals surface area contributed by atoms with E-state index in [1.54, 1.807) is 6.20 Å². The maximum Gasteiger partial charge on any atom is 0.353 e. The Kier molecular flexibility index (Phi) is 8.13. The van der Waals surface area contributed by atoms with Gasteiger partial charge in [0.15, 0.2) is 0 Å². The minimum absolute atomic E-state index is 0.0746. The van der Waals surface area contributed by atoms with Gasteiger partial charge in [-0.1, -0.05) is 29.4 Å². The molecular weight excluding hydrogens is 406 g/mol. The number of pyridine rings is 1. The fourth-order valence-corrected chi connectivity index (χ4v) is 3.60. The molecule has 0 saturated carbocycles. The molecule has 3 rings (SSSR count). The second kappa shape index (κ2) is 11.2. The molecule has 2 aromatic heterocycles. The molecule has 1 aliphatic rings. The smallest absolute Gasteiger partial charge is 0.353 e. The summed E-state index contributed by atoms with van der Waals surface area (Å²) in [7, 11) is 0. The van der Waals surface area contributed by atoms with Gasteiger partial charge in [0, 0.05) is 38.9 Å². The number of nitrogens with zero attached hydrogens (tertiary/aromatic N) is 6. The van der Waals surface area contributed by atoms with Crippen LogP contribution in [0.25, 0.3) is 0 Å². The Bertz CT molecular complexity index is 964. The molecule has 3 heterocycles. The SMILES string of the molecule is CC(C)=CCCC(C)=CCNc1ncnc(N2CCN(c3ccccn3)CC2)c1[N+](=O)[O-]. The Balaban J connectivity index is 1.66. The summed E-state index contributed by atoms with van der Waals surface area (Å²) in [6.45, 7) is 9.40. The van der Waals surface area contributed by atoms with Gasteiger partial charge in [0.25, 0.3) is 0 Å². The van der Waals surface area contributed by atoms with Gasteiger partial charge in [-0.25, -0.2) is 15.0 Å². The molecule has 9 heteroatoms. The molecule has 0 aliphatic carbocycles. The van der Waals surface area contributed by atoms with Gasteiger partial charge in [-0.15, -0.1) is 0 Å². The molecule has 1 aliphatic heterocycles. The molecule has 170 valence electrons. The summed E-state index contributed by atoms with van der Waals surface area (Å²) in [4.78, 5) is 28.4. The Morgan fingerprint density at radius 2 is 1.84 bits per heavy atom. The van der Waals surface area contributed by atoms with Crippen LogP contribution < -0.4 is 15.1 Å². The number of hydrogen-bond donors (Lipinski definition) is 1. The number of nitro groups is 1. The van der Waals surface area contributed by atoms with Crippen molar-refractivity contribution in [1.29, 1.82) is 0 Å². The average Bonchev–Trinajstić information content (AvgIpc) is 2.79. The van der Waals surface area contributed by atoms with Crippen LogP contribution in [0.2, 0.25) is 0 Å². The maximum atomic E-state index is 11.9. The van der Waals surface area contributed by atoms with Gasteiger partial charge in [0.1, 0.15) is 12.1 Å². The molecule has 0 aromatic carbocycles. The van der Waals surface area contributed by atoms with Crippen molar-refractivity contribution in [2.45, 2.75) is 33.6 Å². The first-order chi connectivity index (χ1) is 15.5. The van der Waals surface area contributed by atoms with Crippen LogP contribution >= 0.6 is 0 Å². The van der Waals surface area contributed by atoms with Gasteiger partial charge in [-0.2, -0.15) is 0 Å². The molecule has 2 aromatic rings. The monoisotopic (exact) mass is 437 g/mol. The highest BCUT2D eigenvalue weighted by atomic mass is 16.6. The number of rotatable bonds is 9. The van der Waals surface area contributed by atoms with Crippen LogP contribution in [0.4, 0.5) is 23.1 Å². The third kappa shape index (κ3) is 6.26. The fraction of sp³-hybridized carbons (Fsp3) is 0.435. The summed E-state index contributed by atoms with van der Waals surface area (Å²) in [5.74, 6) is 1.52. The molecule has 0 amide bonds. The minimum atomic E-state index is -0.395. The number of piperazine rings is 1.